The van der Waals surface area contributed by atoms with Crippen molar-refractivity contribution in [1.82, 2.24) is 15.3 Å². The number of halogens is 1. The topological polar surface area (TPSA) is 66.9 Å². The van der Waals surface area contributed by atoms with Crippen LogP contribution in [0.3, 0.4) is 0 Å². The Labute approximate surface area is 132 Å². The molecule has 0 aliphatic carbocycles. The molecule has 1 amide bonds. The fourth-order valence-corrected chi connectivity index (χ4v) is 2.75. The number of rotatable bonds is 6. The first-order valence-corrected chi connectivity index (χ1v) is 7.94. The molecule has 0 saturated heterocycles. The van der Waals surface area contributed by atoms with Gasteiger partial charge in [0.1, 0.15) is 10.8 Å². The molecule has 0 aliphatic heterocycles. The monoisotopic (exact) mass is 324 g/mol. The number of hydrogen-bond donors (Lipinski definition) is 2. The second-order valence-corrected chi connectivity index (χ2v) is 5.95. The average molecular weight is 325 g/mol. The fourth-order valence-electron chi connectivity index (χ4n) is 1.71. The molecular weight excluding hydrogens is 308 g/mol. The molecule has 112 valence electrons. The molecule has 0 spiro atoms. The summed E-state index contributed by atoms with van der Waals surface area (Å²) in [5.74, 6) is 0.379. The van der Waals surface area contributed by atoms with Crippen molar-refractivity contribution in [3.8, 4) is 0 Å². The van der Waals surface area contributed by atoms with E-state index in [0.29, 0.717) is 22.9 Å². The van der Waals surface area contributed by atoms with Crippen molar-refractivity contribution in [3.63, 3.8) is 0 Å². The predicted octanol–water partition coefficient (Wildman–Crippen LogP) is 3.12. The summed E-state index contributed by atoms with van der Waals surface area (Å²) in [6.45, 7) is 5.17. The lowest BCUT2D eigenvalue weighted by Gasteiger charge is -2.07. The van der Waals surface area contributed by atoms with Gasteiger partial charge in [-0.05, 0) is 19.4 Å². The van der Waals surface area contributed by atoms with Gasteiger partial charge in [-0.1, -0.05) is 18.5 Å². The second kappa shape index (κ2) is 7.38. The van der Waals surface area contributed by atoms with Gasteiger partial charge in [-0.15, -0.1) is 11.3 Å². The van der Waals surface area contributed by atoms with Crippen molar-refractivity contribution in [1.29, 1.82) is 0 Å². The first kappa shape index (κ1) is 15.7. The molecule has 5 nitrogen and oxygen atoms in total. The molecule has 0 fully saturated rings. The highest BCUT2D eigenvalue weighted by Crippen LogP contribution is 2.20. The van der Waals surface area contributed by atoms with Crippen LogP contribution < -0.4 is 10.6 Å². The summed E-state index contributed by atoms with van der Waals surface area (Å²) in [5, 5.41) is 7.18. The molecular formula is C14H17ClN4OS. The quantitative estimate of drug-likeness (QED) is 0.856. The summed E-state index contributed by atoms with van der Waals surface area (Å²) < 4.78 is 0. The summed E-state index contributed by atoms with van der Waals surface area (Å²) >= 11 is 7.68. The molecule has 2 aromatic heterocycles. The highest BCUT2D eigenvalue weighted by atomic mass is 35.5. The van der Waals surface area contributed by atoms with Gasteiger partial charge < -0.3 is 10.6 Å². The van der Waals surface area contributed by atoms with Crippen LogP contribution in [0.4, 0.5) is 5.82 Å². The highest BCUT2D eigenvalue weighted by molar-refractivity contribution is 7.11. The van der Waals surface area contributed by atoms with Crippen molar-refractivity contribution in [2.75, 3.05) is 11.9 Å². The Morgan fingerprint density at radius 3 is 2.76 bits per heavy atom. The number of aryl methyl sites for hydroxylation is 1. The molecule has 2 N–H and O–H groups in total. The molecule has 0 bridgehead atoms. The van der Waals surface area contributed by atoms with E-state index in [-0.39, 0.29) is 5.91 Å². The maximum atomic E-state index is 12.1. The van der Waals surface area contributed by atoms with Crippen LogP contribution in [0.2, 0.25) is 5.02 Å². The van der Waals surface area contributed by atoms with Crippen LogP contribution in [-0.4, -0.2) is 22.4 Å². The van der Waals surface area contributed by atoms with Gasteiger partial charge in [0, 0.05) is 23.8 Å². The van der Waals surface area contributed by atoms with Crippen LogP contribution in [-0.2, 0) is 13.0 Å². The van der Waals surface area contributed by atoms with E-state index in [1.54, 1.807) is 17.4 Å². The Morgan fingerprint density at radius 1 is 1.33 bits per heavy atom. The Bertz CT molecular complexity index is 629. The van der Waals surface area contributed by atoms with Gasteiger partial charge in [0.2, 0.25) is 0 Å². The Kier molecular flexibility index (Phi) is 5.52. The summed E-state index contributed by atoms with van der Waals surface area (Å²) in [5.41, 5.74) is 0.439. The van der Waals surface area contributed by atoms with E-state index in [4.69, 9.17) is 11.6 Å². The third-order valence-corrected chi connectivity index (χ3v) is 4.23. The number of carbonyl (C=O) groups is 1. The SMILES string of the molecule is CCNc1ncc(C(=O)NCc2ncc(CC)s2)cc1Cl. The first-order chi connectivity index (χ1) is 10.1. The minimum atomic E-state index is -0.208. The average Bonchev–Trinajstić information content (AvgIpc) is 2.95. The molecule has 0 unspecified atom stereocenters. The lowest BCUT2D eigenvalue weighted by molar-refractivity contribution is 0.0950. The molecule has 2 aromatic rings. The third kappa shape index (κ3) is 4.15. The second-order valence-electron chi connectivity index (χ2n) is 4.34. The van der Waals surface area contributed by atoms with E-state index >= 15 is 0 Å². The van der Waals surface area contributed by atoms with E-state index < -0.39 is 0 Å². The zero-order valence-corrected chi connectivity index (χ0v) is 13.5. The molecule has 0 aliphatic rings. The Morgan fingerprint density at radius 2 is 2.14 bits per heavy atom. The smallest absolute Gasteiger partial charge is 0.253 e. The van der Waals surface area contributed by atoms with Gasteiger partial charge in [0.05, 0.1) is 17.1 Å². The van der Waals surface area contributed by atoms with Crippen molar-refractivity contribution in [2.24, 2.45) is 0 Å². The van der Waals surface area contributed by atoms with Gasteiger partial charge in [0.15, 0.2) is 0 Å². The van der Waals surface area contributed by atoms with Gasteiger partial charge in [-0.25, -0.2) is 9.97 Å². The van der Waals surface area contributed by atoms with Crippen molar-refractivity contribution >= 4 is 34.7 Å². The normalized spacial score (nSPS) is 10.4. The molecule has 21 heavy (non-hydrogen) atoms. The number of pyridine rings is 1. The van der Waals surface area contributed by atoms with Gasteiger partial charge in [-0.2, -0.15) is 0 Å². The summed E-state index contributed by atoms with van der Waals surface area (Å²) in [6, 6.07) is 1.61. The molecule has 0 saturated carbocycles. The van der Waals surface area contributed by atoms with E-state index in [2.05, 4.69) is 27.5 Å². The standard InChI is InChI=1S/C14H17ClN4OS/c1-3-10-7-17-12(21-10)8-19-14(20)9-5-11(15)13(16-4-2)18-6-9/h5-7H,3-4,8H2,1-2H3,(H,16,18)(H,19,20). The van der Waals surface area contributed by atoms with E-state index in [1.165, 1.54) is 11.1 Å². The van der Waals surface area contributed by atoms with E-state index in [9.17, 15) is 4.79 Å². The van der Waals surface area contributed by atoms with Crippen molar-refractivity contribution < 1.29 is 4.79 Å². The Hall–Kier alpha value is -1.66. The zero-order valence-electron chi connectivity index (χ0n) is 11.9. The van der Waals surface area contributed by atoms with E-state index in [1.807, 2.05) is 13.1 Å². The summed E-state index contributed by atoms with van der Waals surface area (Å²) in [7, 11) is 0. The van der Waals surface area contributed by atoms with Gasteiger partial charge >= 0.3 is 0 Å². The van der Waals surface area contributed by atoms with Crippen LogP contribution in [0.5, 0.6) is 0 Å². The number of nitrogens with zero attached hydrogens (tertiary/aromatic N) is 2. The minimum Gasteiger partial charge on any atom is -0.369 e. The van der Waals surface area contributed by atoms with E-state index in [0.717, 1.165) is 18.0 Å². The highest BCUT2D eigenvalue weighted by Gasteiger charge is 2.10. The van der Waals surface area contributed by atoms with Crippen LogP contribution in [0.15, 0.2) is 18.5 Å². The number of carbonyl (C=O) groups excluding carboxylic acids is 1. The maximum absolute atomic E-state index is 12.1. The largest absolute Gasteiger partial charge is 0.369 e. The third-order valence-electron chi connectivity index (χ3n) is 2.80. The molecule has 7 heteroatoms. The molecule has 0 atom stereocenters. The Balaban J connectivity index is 1.98. The number of aromatic nitrogens is 2. The van der Waals surface area contributed by atoms with Crippen molar-refractivity contribution in [3.05, 3.63) is 38.9 Å². The lowest BCUT2D eigenvalue weighted by Crippen LogP contribution is -2.23. The zero-order chi connectivity index (χ0) is 15.2. The molecule has 2 rings (SSSR count). The fraction of sp³-hybridized carbons (Fsp3) is 0.357. The number of thiazole rings is 1. The summed E-state index contributed by atoms with van der Waals surface area (Å²) in [4.78, 5) is 21.7. The number of anilines is 1. The lowest BCUT2D eigenvalue weighted by atomic mass is 10.2. The number of nitrogens with one attached hydrogen (secondary N) is 2. The molecule has 0 aromatic carbocycles. The number of amides is 1. The van der Waals surface area contributed by atoms with Crippen LogP contribution in [0, 0.1) is 0 Å². The van der Waals surface area contributed by atoms with Crippen LogP contribution >= 0.6 is 22.9 Å². The van der Waals surface area contributed by atoms with Crippen LogP contribution in [0.25, 0.3) is 0 Å². The first-order valence-electron chi connectivity index (χ1n) is 6.75. The summed E-state index contributed by atoms with van der Waals surface area (Å²) in [6.07, 6.45) is 4.31. The minimum absolute atomic E-state index is 0.208. The van der Waals surface area contributed by atoms with Gasteiger partial charge in [-0.3, -0.25) is 4.79 Å². The predicted molar refractivity (Wildman–Crippen MR) is 86.1 cm³/mol. The van der Waals surface area contributed by atoms with Crippen molar-refractivity contribution in [2.45, 2.75) is 26.8 Å². The number of hydrogen-bond acceptors (Lipinski definition) is 5. The maximum Gasteiger partial charge on any atom is 0.253 e. The van der Waals surface area contributed by atoms with Gasteiger partial charge in [0.25, 0.3) is 5.91 Å². The van der Waals surface area contributed by atoms with Crippen LogP contribution in [0.1, 0.15) is 34.1 Å². The molecule has 2 heterocycles. The molecule has 0 radical (unpaired) electrons.